The highest BCUT2D eigenvalue weighted by molar-refractivity contribution is 5.16. The Labute approximate surface area is 134 Å². The van der Waals surface area contributed by atoms with Crippen LogP contribution in [-0.4, -0.2) is 6.11 Å². The second kappa shape index (κ2) is 7.95. The van der Waals surface area contributed by atoms with Crippen LogP contribution in [0.5, 0.6) is 0 Å². The molecule has 0 aromatic heterocycles. The van der Waals surface area contributed by atoms with Gasteiger partial charge in [0.1, 0.15) is 0 Å². The van der Waals surface area contributed by atoms with Crippen LogP contribution in [0.3, 0.4) is 0 Å². The van der Waals surface area contributed by atoms with Crippen LogP contribution in [0.4, 0.5) is 17.6 Å². The highest BCUT2D eigenvalue weighted by atomic mass is 19.3. The monoisotopic (exact) mass is 330 g/mol. The second-order valence-corrected chi connectivity index (χ2v) is 6.19. The van der Waals surface area contributed by atoms with Gasteiger partial charge in [0, 0.05) is 6.42 Å². The summed E-state index contributed by atoms with van der Waals surface area (Å²) >= 11 is 0. The Morgan fingerprint density at radius 1 is 1.13 bits per heavy atom. The zero-order valence-electron chi connectivity index (χ0n) is 13.2. The van der Waals surface area contributed by atoms with E-state index in [9.17, 15) is 17.6 Å². The standard InChI is InChI=1S/C18H22F4O/c1-2-3-13-4-6-14(7-5-13)11-18(21,22)23-12-15-8-9-16(19)17(20)10-15/h2-3,8-10,13-14H,4-7,11-12H2,1H3. The van der Waals surface area contributed by atoms with Gasteiger partial charge in [0.05, 0.1) is 6.61 Å². The maximum atomic E-state index is 13.9. The molecule has 5 heteroatoms. The normalized spacial score (nSPS) is 22.7. The molecule has 0 radical (unpaired) electrons. The van der Waals surface area contributed by atoms with Crippen LogP contribution in [0.1, 0.15) is 44.6 Å². The molecule has 23 heavy (non-hydrogen) atoms. The van der Waals surface area contributed by atoms with Crippen molar-refractivity contribution in [1.82, 2.24) is 0 Å². The molecule has 0 N–H and O–H groups in total. The molecule has 0 atom stereocenters. The highest BCUT2D eigenvalue weighted by Gasteiger charge is 2.35. The van der Waals surface area contributed by atoms with Gasteiger partial charge in [-0.05, 0) is 62.1 Å². The van der Waals surface area contributed by atoms with E-state index in [4.69, 9.17) is 0 Å². The van der Waals surface area contributed by atoms with Gasteiger partial charge in [-0.2, -0.15) is 8.78 Å². The molecule has 0 saturated heterocycles. The molecule has 1 aromatic carbocycles. The number of ether oxygens (including phenoxy) is 1. The zero-order valence-corrected chi connectivity index (χ0v) is 13.2. The summed E-state index contributed by atoms with van der Waals surface area (Å²) in [6.07, 6.45) is 3.95. The van der Waals surface area contributed by atoms with Crippen molar-refractivity contribution in [1.29, 1.82) is 0 Å². The Hall–Kier alpha value is -1.36. The maximum Gasteiger partial charge on any atom is 0.356 e. The van der Waals surface area contributed by atoms with Crippen LogP contribution in [0.2, 0.25) is 0 Å². The quantitative estimate of drug-likeness (QED) is 0.470. The van der Waals surface area contributed by atoms with Crippen molar-refractivity contribution < 1.29 is 22.3 Å². The third-order valence-corrected chi connectivity index (χ3v) is 4.32. The third kappa shape index (κ3) is 5.65. The minimum Gasteiger partial charge on any atom is -0.316 e. The molecule has 1 aliphatic rings. The molecule has 0 bridgehead atoms. The second-order valence-electron chi connectivity index (χ2n) is 6.19. The molecule has 1 saturated carbocycles. The first kappa shape index (κ1) is 18.0. The molecule has 128 valence electrons. The number of halogens is 4. The molecule has 1 nitrogen and oxygen atoms in total. The Morgan fingerprint density at radius 2 is 1.83 bits per heavy atom. The van der Waals surface area contributed by atoms with Crippen molar-refractivity contribution in [3.05, 3.63) is 47.5 Å². The Bertz CT molecular complexity index is 534. The Balaban J connectivity index is 1.81. The van der Waals surface area contributed by atoms with E-state index in [1.165, 1.54) is 6.07 Å². The van der Waals surface area contributed by atoms with Crippen LogP contribution in [0, 0.1) is 23.5 Å². The minimum atomic E-state index is -3.25. The molecular formula is C18H22F4O. The topological polar surface area (TPSA) is 9.23 Å². The number of benzene rings is 1. The first-order valence-corrected chi connectivity index (χ1v) is 7.98. The summed E-state index contributed by atoms with van der Waals surface area (Å²) < 4.78 is 58.3. The van der Waals surface area contributed by atoms with E-state index < -0.39 is 24.3 Å². The highest BCUT2D eigenvalue weighted by Crippen LogP contribution is 2.37. The van der Waals surface area contributed by atoms with Gasteiger partial charge in [-0.1, -0.05) is 18.2 Å². The molecule has 1 aliphatic carbocycles. The molecule has 0 amide bonds. The molecule has 2 rings (SSSR count). The van der Waals surface area contributed by atoms with Crippen molar-refractivity contribution in [2.45, 2.75) is 51.7 Å². The van der Waals surface area contributed by atoms with Gasteiger partial charge in [0.2, 0.25) is 0 Å². The van der Waals surface area contributed by atoms with Crippen molar-refractivity contribution in [3.8, 4) is 0 Å². The first-order chi connectivity index (χ1) is 10.9. The lowest BCUT2D eigenvalue weighted by atomic mass is 9.80. The summed E-state index contributed by atoms with van der Waals surface area (Å²) in [7, 11) is 0. The zero-order chi connectivity index (χ0) is 16.9. The lowest BCUT2D eigenvalue weighted by Gasteiger charge is -2.29. The number of alkyl halides is 2. The van der Waals surface area contributed by atoms with Gasteiger partial charge in [-0.3, -0.25) is 0 Å². The predicted molar refractivity (Wildman–Crippen MR) is 81.0 cm³/mol. The summed E-state index contributed by atoms with van der Waals surface area (Å²) in [5.41, 5.74) is 0.195. The van der Waals surface area contributed by atoms with Crippen LogP contribution >= 0.6 is 0 Å². The van der Waals surface area contributed by atoms with E-state index in [1.54, 1.807) is 0 Å². The van der Waals surface area contributed by atoms with E-state index in [0.717, 1.165) is 37.8 Å². The SMILES string of the molecule is CC=CC1CCC(CC(F)(F)OCc2ccc(F)c(F)c2)CC1. The van der Waals surface area contributed by atoms with Crippen LogP contribution in [0.15, 0.2) is 30.4 Å². The van der Waals surface area contributed by atoms with Crippen molar-refractivity contribution in [3.63, 3.8) is 0 Å². The molecule has 1 aromatic rings. The minimum absolute atomic E-state index is 0.0588. The fourth-order valence-corrected chi connectivity index (χ4v) is 3.07. The van der Waals surface area contributed by atoms with Gasteiger partial charge < -0.3 is 4.74 Å². The number of allylic oxidation sites excluding steroid dienone is 2. The smallest absolute Gasteiger partial charge is 0.316 e. The fourth-order valence-electron chi connectivity index (χ4n) is 3.07. The van der Waals surface area contributed by atoms with Crippen molar-refractivity contribution in [2.24, 2.45) is 11.8 Å². The largest absolute Gasteiger partial charge is 0.356 e. The van der Waals surface area contributed by atoms with Crippen molar-refractivity contribution in [2.75, 3.05) is 0 Å². The molecule has 0 heterocycles. The summed E-state index contributed by atoms with van der Waals surface area (Å²) in [5, 5.41) is 0. The van der Waals surface area contributed by atoms with E-state index in [-0.39, 0.29) is 17.9 Å². The Kier molecular flexibility index (Phi) is 6.22. The van der Waals surface area contributed by atoms with Crippen LogP contribution in [-0.2, 0) is 11.3 Å². The van der Waals surface area contributed by atoms with E-state index >= 15 is 0 Å². The number of rotatable bonds is 6. The first-order valence-electron chi connectivity index (χ1n) is 7.98. The van der Waals surface area contributed by atoms with Crippen molar-refractivity contribution >= 4 is 0 Å². The Morgan fingerprint density at radius 3 is 2.43 bits per heavy atom. The number of hydrogen-bond donors (Lipinski definition) is 0. The molecular weight excluding hydrogens is 308 g/mol. The van der Waals surface area contributed by atoms with E-state index in [1.807, 2.05) is 13.0 Å². The average Bonchev–Trinajstić information content (AvgIpc) is 2.51. The van der Waals surface area contributed by atoms with Gasteiger partial charge in [0.25, 0.3) is 0 Å². The number of hydrogen-bond acceptors (Lipinski definition) is 1. The van der Waals surface area contributed by atoms with Gasteiger partial charge in [0.15, 0.2) is 11.6 Å². The lowest BCUT2D eigenvalue weighted by molar-refractivity contribution is -0.256. The molecule has 1 fully saturated rings. The summed E-state index contributed by atoms with van der Waals surface area (Å²) in [6.45, 7) is 1.53. The average molecular weight is 330 g/mol. The molecule has 0 spiro atoms. The summed E-state index contributed by atoms with van der Waals surface area (Å²) in [4.78, 5) is 0. The van der Waals surface area contributed by atoms with Gasteiger partial charge in [-0.15, -0.1) is 0 Å². The summed E-state index contributed by atoms with van der Waals surface area (Å²) in [5.74, 6) is -1.63. The lowest BCUT2D eigenvalue weighted by Crippen LogP contribution is -2.27. The van der Waals surface area contributed by atoms with Crippen LogP contribution in [0.25, 0.3) is 0 Å². The van der Waals surface area contributed by atoms with Gasteiger partial charge in [-0.25, -0.2) is 8.78 Å². The maximum absolute atomic E-state index is 13.9. The summed E-state index contributed by atoms with van der Waals surface area (Å²) in [6, 6.07) is 3.04. The van der Waals surface area contributed by atoms with E-state index in [0.29, 0.717) is 5.92 Å². The fraction of sp³-hybridized carbons (Fsp3) is 0.556. The third-order valence-electron chi connectivity index (χ3n) is 4.32. The van der Waals surface area contributed by atoms with Crippen LogP contribution < -0.4 is 0 Å². The molecule has 0 unspecified atom stereocenters. The van der Waals surface area contributed by atoms with Gasteiger partial charge >= 0.3 is 6.11 Å². The predicted octanol–water partition coefficient (Wildman–Crippen LogP) is 5.85. The van der Waals surface area contributed by atoms with E-state index in [2.05, 4.69) is 10.8 Å². The molecule has 0 aliphatic heterocycles.